The van der Waals surface area contributed by atoms with Gasteiger partial charge in [-0.15, -0.1) is 0 Å². The second kappa shape index (κ2) is 8.57. The van der Waals surface area contributed by atoms with E-state index in [0.717, 1.165) is 0 Å². The normalized spacial score (nSPS) is 10.2. The highest BCUT2D eigenvalue weighted by Gasteiger charge is 2.09. The first kappa shape index (κ1) is 18.1. The maximum atomic E-state index is 12.0. The molecule has 0 saturated carbocycles. The molecule has 3 N–H and O–H groups in total. The molecule has 0 bridgehead atoms. The van der Waals surface area contributed by atoms with Gasteiger partial charge in [-0.3, -0.25) is 9.59 Å². The van der Waals surface area contributed by atoms with E-state index in [1.807, 2.05) is 0 Å². The van der Waals surface area contributed by atoms with E-state index in [1.54, 1.807) is 42.5 Å². The topological polar surface area (TPSA) is 81.4 Å². The number of halogens is 2. The van der Waals surface area contributed by atoms with Crippen LogP contribution in [0.25, 0.3) is 0 Å². The largest absolute Gasteiger partial charge is 0.493 e. The summed E-state index contributed by atoms with van der Waals surface area (Å²) in [6.07, 6.45) is 0.210. The van der Waals surface area contributed by atoms with E-state index < -0.39 is 5.91 Å². The van der Waals surface area contributed by atoms with Crippen LogP contribution >= 0.6 is 23.2 Å². The molecule has 0 fully saturated rings. The highest BCUT2D eigenvalue weighted by atomic mass is 35.5. The Hall–Kier alpha value is -2.24. The van der Waals surface area contributed by atoms with Crippen LogP contribution in [0.5, 0.6) is 5.75 Å². The molecule has 0 spiro atoms. The van der Waals surface area contributed by atoms with Crippen molar-refractivity contribution in [2.24, 2.45) is 5.73 Å². The molecule has 0 aliphatic rings. The Morgan fingerprint density at radius 2 is 1.83 bits per heavy atom. The molecule has 0 radical (unpaired) electrons. The summed E-state index contributed by atoms with van der Waals surface area (Å²) in [4.78, 5) is 23.1. The molecular weight excluding hydrogens is 351 g/mol. The zero-order valence-electron chi connectivity index (χ0n) is 12.7. The number of nitrogens with one attached hydrogen (secondary N) is 1. The van der Waals surface area contributed by atoms with E-state index in [4.69, 9.17) is 33.7 Å². The fourth-order valence-electron chi connectivity index (χ4n) is 2.03. The van der Waals surface area contributed by atoms with Gasteiger partial charge in [-0.25, -0.2) is 0 Å². The van der Waals surface area contributed by atoms with Crippen LogP contribution in [0.2, 0.25) is 10.0 Å². The summed E-state index contributed by atoms with van der Waals surface area (Å²) in [5.41, 5.74) is 6.44. The average Bonchev–Trinajstić information content (AvgIpc) is 2.52. The van der Waals surface area contributed by atoms with Gasteiger partial charge in [0.25, 0.3) is 0 Å². The molecule has 0 aromatic heterocycles. The summed E-state index contributed by atoms with van der Waals surface area (Å²) in [5, 5.41) is 3.57. The molecule has 126 valence electrons. The van der Waals surface area contributed by atoms with E-state index in [-0.39, 0.29) is 25.4 Å². The van der Waals surface area contributed by atoms with E-state index in [9.17, 15) is 9.59 Å². The van der Waals surface area contributed by atoms with Crippen LogP contribution in [0.4, 0.5) is 5.69 Å². The lowest BCUT2D eigenvalue weighted by molar-refractivity contribution is -0.118. The lowest BCUT2D eigenvalue weighted by Gasteiger charge is -2.11. The van der Waals surface area contributed by atoms with Gasteiger partial charge in [0.05, 0.1) is 29.5 Å². The van der Waals surface area contributed by atoms with Gasteiger partial charge in [0, 0.05) is 11.8 Å². The van der Waals surface area contributed by atoms with Crippen molar-refractivity contribution in [1.29, 1.82) is 0 Å². The Labute approximate surface area is 149 Å². The average molecular weight is 367 g/mol. The van der Waals surface area contributed by atoms with Gasteiger partial charge in [-0.05, 0) is 23.8 Å². The third-order valence-electron chi connectivity index (χ3n) is 3.15. The number of anilines is 1. The van der Waals surface area contributed by atoms with Crippen molar-refractivity contribution in [2.45, 2.75) is 12.8 Å². The quantitative estimate of drug-likeness (QED) is 0.787. The van der Waals surface area contributed by atoms with Crippen LogP contribution in [0, 0.1) is 0 Å². The van der Waals surface area contributed by atoms with Gasteiger partial charge in [0.1, 0.15) is 5.75 Å². The Kier molecular flexibility index (Phi) is 6.46. The predicted molar refractivity (Wildman–Crippen MR) is 94.5 cm³/mol. The first-order valence-electron chi connectivity index (χ1n) is 7.19. The second-order valence-corrected chi connectivity index (χ2v) is 5.84. The third-order valence-corrected chi connectivity index (χ3v) is 3.88. The third kappa shape index (κ3) is 5.44. The predicted octanol–water partition coefficient (Wildman–Crippen LogP) is 3.43. The smallest absolute Gasteiger partial charge is 0.227 e. The molecule has 2 aromatic carbocycles. The van der Waals surface area contributed by atoms with Crippen LogP contribution in [0.1, 0.15) is 12.0 Å². The molecule has 24 heavy (non-hydrogen) atoms. The van der Waals surface area contributed by atoms with E-state index >= 15 is 0 Å². The van der Waals surface area contributed by atoms with Crippen LogP contribution in [-0.4, -0.2) is 18.4 Å². The number of ether oxygens (including phenoxy) is 1. The fourth-order valence-corrected chi connectivity index (χ4v) is 2.31. The minimum Gasteiger partial charge on any atom is -0.493 e. The number of amides is 2. The molecule has 0 aliphatic carbocycles. The molecule has 0 saturated heterocycles. The Bertz CT molecular complexity index is 750. The van der Waals surface area contributed by atoms with Crippen molar-refractivity contribution in [2.75, 3.05) is 11.9 Å². The number of carbonyl (C=O) groups excluding carboxylic acids is 2. The number of carbonyl (C=O) groups is 2. The standard InChI is InChI=1S/C17H16Cl2N2O3/c18-13-6-5-12(10-14(13)19)24-8-7-17(23)21-15-4-2-1-3-11(15)9-16(20)22/h1-6,10H,7-9H2,(H2,20,22)(H,21,23). The summed E-state index contributed by atoms with van der Waals surface area (Å²) < 4.78 is 5.47. The molecule has 2 aromatic rings. The zero-order chi connectivity index (χ0) is 17.5. The molecule has 5 nitrogen and oxygen atoms in total. The van der Waals surface area contributed by atoms with Crippen molar-refractivity contribution in [3.05, 3.63) is 58.1 Å². The number of rotatable bonds is 7. The lowest BCUT2D eigenvalue weighted by atomic mass is 10.1. The molecule has 0 atom stereocenters. The maximum absolute atomic E-state index is 12.0. The summed E-state index contributed by atoms with van der Waals surface area (Å²) in [6, 6.07) is 11.9. The number of para-hydroxylation sites is 1. The molecular formula is C17H16Cl2N2O3. The zero-order valence-corrected chi connectivity index (χ0v) is 14.2. The molecule has 0 aliphatic heterocycles. The van der Waals surface area contributed by atoms with Gasteiger partial charge in [0.15, 0.2) is 0 Å². The van der Waals surface area contributed by atoms with Gasteiger partial charge >= 0.3 is 0 Å². The lowest BCUT2D eigenvalue weighted by Crippen LogP contribution is -2.18. The number of primary amides is 1. The Morgan fingerprint density at radius 3 is 2.54 bits per heavy atom. The molecule has 2 rings (SSSR count). The minimum atomic E-state index is -0.459. The van der Waals surface area contributed by atoms with Gasteiger partial charge < -0.3 is 15.8 Å². The first-order chi connectivity index (χ1) is 11.5. The highest BCUT2D eigenvalue weighted by Crippen LogP contribution is 2.26. The van der Waals surface area contributed by atoms with Gasteiger partial charge in [-0.2, -0.15) is 0 Å². The monoisotopic (exact) mass is 366 g/mol. The molecule has 2 amide bonds. The van der Waals surface area contributed by atoms with E-state index in [1.165, 1.54) is 0 Å². The highest BCUT2D eigenvalue weighted by molar-refractivity contribution is 6.42. The fraction of sp³-hybridized carbons (Fsp3) is 0.176. The first-order valence-corrected chi connectivity index (χ1v) is 7.95. The van der Waals surface area contributed by atoms with E-state index in [2.05, 4.69) is 5.32 Å². The van der Waals surface area contributed by atoms with Gasteiger partial charge in [-0.1, -0.05) is 41.4 Å². The number of hydrogen-bond acceptors (Lipinski definition) is 3. The maximum Gasteiger partial charge on any atom is 0.227 e. The molecule has 0 heterocycles. The van der Waals surface area contributed by atoms with Crippen molar-refractivity contribution < 1.29 is 14.3 Å². The van der Waals surface area contributed by atoms with Crippen LogP contribution in [0.3, 0.4) is 0 Å². The van der Waals surface area contributed by atoms with Crippen molar-refractivity contribution in [3.63, 3.8) is 0 Å². The van der Waals surface area contributed by atoms with Crippen LogP contribution in [0.15, 0.2) is 42.5 Å². The van der Waals surface area contributed by atoms with Crippen molar-refractivity contribution in [3.8, 4) is 5.75 Å². The van der Waals surface area contributed by atoms with Crippen molar-refractivity contribution in [1.82, 2.24) is 0 Å². The number of hydrogen-bond donors (Lipinski definition) is 2. The van der Waals surface area contributed by atoms with E-state index in [0.29, 0.717) is 27.0 Å². The van der Waals surface area contributed by atoms with Crippen LogP contribution < -0.4 is 15.8 Å². The molecule has 0 unspecified atom stereocenters. The summed E-state index contributed by atoms with van der Waals surface area (Å²) in [5.74, 6) is -0.155. The molecule has 7 heteroatoms. The SMILES string of the molecule is NC(=O)Cc1ccccc1NC(=O)CCOc1ccc(Cl)c(Cl)c1. The number of nitrogens with two attached hydrogens (primary N) is 1. The summed E-state index contributed by atoms with van der Waals surface area (Å²) in [7, 11) is 0. The summed E-state index contributed by atoms with van der Waals surface area (Å²) >= 11 is 11.7. The number of benzene rings is 2. The van der Waals surface area contributed by atoms with Gasteiger partial charge in [0.2, 0.25) is 11.8 Å². The minimum absolute atomic E-state index is 0.0657. The Morgan fingerprint density at radius 1 is 1.08 bits per heavy atom. The van der Waals surface area contributed by atoms with Crippen LogP contribution in [-0.2, 0) is 16.0 Å². The Balaban J connectivity index is 1.87. The second-order valence-electron chi connectivity index (χ2n) is 5.02. The summed E-state index contributed by atoms with van der Waals surface area (Å²) in [6.45, 7) is 0.182. The van der Waals surface area contributed by atoms with Crippen molar-refractivity contribution >= 4 is 40.7 Å².